The zero-order valence-corrected chi connectivity index (χ0v) is 14.6. The van der Waals surface area contributed by atoms with Crippen LogP contribution in [-0.2, 0) is 14.3 Å². The molecule has 0 amide bonds. The number of hydrogen-bond donors (Lipinski definition) is 0. The van der Waals surface area contributed by atoms with Crippen molar-refractivity contribution in [2.45, 2.75) is 32.2 Å². The minimum Gasteiger partial charge on any atom is -0.465 e. The lowest BCUT2D eigenvalue weighted by Crippen LogP contribution is -2.46. The van der Waals surface area contributed by atoms with Crippen molar-refractivity contribution in [2.24, 2.45) is 16.8 Å². The number of hydrogen-bond acceptors (Lipinski definition) is 6. The number of nitro benzene ring substituents is 1. The minimum atomic E-state index is -0.673. The Morgan fingerprint density at radius 3 is 2.62 bits per heavy atom. The predicted molar refractivity (Wildman–Crippen MR) is 95.1 cm³/mol. The van der Waals surface area contributed by atoms with Gasteiger partial charge in [-0.25, -0.2) is 0 Å². The van der Waals surface area contributed by atoms with Crippen LogP contribution in [0.4, 0.5) is 5.69 Å². The summed E-state index contributed by atoms with van der Waals surface area (Å²) < 4.78 is 5.22. The average Bonchev–Trinajstić information content (AvgIpc) is 2.61. The van der Waals surface area contributed by atoms with E-state index in [2.05, 4.69) is 4.99 Å². The van der Waals surface area contributed by atoms with Gasteiger partial charge in [0, 0.05) is 23.8 Å². The first-order chi connectivity index (χ1) is 12.4. The normalized spacial score (nSPS) is 27.5. The molecule has 1 aliphatic heterocycles. The van der Waals surface area contributed by atoms with Crippen LogP contribution in [0.3, 0.4) is 0 Å². The van der Waals surface area contributed by atoms with Crippen molar-refractivity contribution in [1.82, 2.24) is 0 Å². The number of nitro groups is 1. The Morgan fingerprint density at radius 2 is 2.00 bits per heavy atom. The fourth-order valence-corrected chi connectivity index (χ4v) is 3.90. The molecular weight excluding hydrogens is 336 g/mol. The van der Waals surface area contributed by atoms with Crippen LogP contribution in [0.15, 0.2) is 41.4 Å². The fourth-order valence-electron chi connectivity index (χ4n) is 3.90. The Labute approximate surface area is 150 Å². The number of nitrogens with zero attached hydrogens (tertiary/aromatic N) is 2. The van der Waals surface area contributed by atoms with Crippen molar-refractivity contribution in [1.29, 1.82) is 0 Å². The minimum absolute atomic E-state index is 0.0333. The van der Waals surface area contributed by atoms with Crippen LogP contribution in [0.25, 0.3) is 0 Å². The highest BCUT2D eigenvalue weighted by Gasteiger charge is 2.48. The molecule has 1 heterocycles. The Balaban J connectivity index is 2.09. The summed E-state index contributed by atoms with van der Waals surface area (Å²) in [5.41, 5.74) is 1.31. The van der Waals surface area contributed by atoms with Gasteiger partial charge in [-0.15, -0.1) is 0 Å². The van der Waals surface area contributed by atoms with E-state index in [1.165, 1.54) is 18.2 Å². The van der Waals surface area contributed by atoms with E-state index in [1.807, 2.05) is 0 Å². The van der Waals surface area contributed by atoms with Crippen LogP contribution in [0, 0.1) is 22.0 Å². The fraction of sp³-hybridized carbons (Fsp3) is 0.421. The van der Waals surface area contributed by atoms with Gasteiger partial charge >= 0.3 is 5.97 Å². The molecule has 0 saturated carbocycles. The number of fused-ring (bicyclic) bond motifs is 1. The molecule has 0 saturated heterocycles. The quantitative estimate of drug-likeness (QED) is 0.469. The van der Waals surface area contributed by atoms with Crippen molar-refractivity contribution in [3.63, 3.8) is 0 Å². The van der Waals surface area contributed by atoms with E-state index in [-0.39, 0.29) is 24.1 Å². The number of rotatable bonds is 4. The van der Waals surface area contributed by atoms with E-state index in [4.69, 9.17) is 4.74 Å². The van der Waals surface area contributed by atoms with Crippen molar-refractivity contribution >= 4 is 23.2 Å². The second-order valence-electron chi connectivity index (χ2n) is 6.51. The van der Waals surface area contributed by atoms with Gasteiger partial charge in [0.2, 0.25) is 0 Å². The molecule has 0 unspecified atom stereocenters. The Hall–Kier alpha value is -2.83. The molecule has 3 rings (SSSR count). The van der Waals surface area contributed by atoms with Crippen molar-refractivity contribution in [2.75, 3.05) is 6.61 Å². The van der Waals surface area contributed by atoms with E-state index in [0.717, 1.165) is 0 Å². The molecule has 0 fully saturated rings. The molecular formula is C19H20N2O5. The van der Waals surface area contributed by atoms with Crippen LogP contribution in [0.1, 0.15) is 31.7 Å². The highest BCUT2D eigenvalue weighted by Crippen LogP contribution is 2.43. The third-order valence-corrected chi connectivity index (χ3v) is 5.00. The van der Waals surface area contributed by atoms with Crippen molar-refractivity contribution in [3.8, 4) is 0 Å². The summed E-state index contributed by atoms with van der Waals surface area (Å²) in [6.07, 6.45) is 3.97. The second kappa shape index (κ2) is 7.19. The number of benzene rings is 1. The van der Waals surface area contributed by atoms with Gasteiger partial charge in [-0.1, -0.05) is 18.2 Å². The molecule has 136 valence electrons. The number of esters is 1. The first-order valence-electron chi connectivity index (χ1n) is 8.59. The topological polar surface area (TPSA) is 98.9 Å². The maximum Gasteiger partial charge on any atom is 0.315 e. The standard InChI is InChI=1S/C19H20N2O5/c1-3-26-19(23)16-11(2)20-14-5-4-6-15(22)18(14)17(16)12-7-9-13(10-8-12)21(24)25/h4,6-10,14,16-18H,3,5H2,1-2H3/t14-,16-,17+,18-/m0/s1. The molecule has 2 aliphatic rings. The van der Waals surface area contributed by atoms with Gasteiger partial charge in [-0.2, -0.15) is 0 Å². The number of ether oxygens (including phenoxy) is 1. The molecule has 1 aromatic carbocycles. The molecule has 0 bridgehead atoms. The smallest absolute Gasteiger partial charge is 0.315 e. The molecule has 0 N–H and O–H groups in total. The molecule has 1 aromatic rings. The summed E-state index contributed by atoms with van der Waals surface area (Å²) in [6.45, 7) is 3.74. The van der Waals surface area contributed by atoms with Crippen molar-refractivity contribution < 1.29 is 19.2 Å². The monoisotopic (exact) mass is 356 g/mol. The van der Waals surface area contributed by atoms with Gasteiger partial charge in [-0.05, 0) is 31.9 Å². The number of ketones is 1. The van der Waals surface area contributed by atoms with Crippen LogP contribution >= 0.6 is 0 Å². The van der Waals surface area contributed by atoms with E-state index in [9.17, 15) is 19.7 Å². The first kappa shape index (κ1) is 18.0. The lowest BCUT2D eigenvalue weighted by Gasteiger charge is -2.40. The SMILES string of the molecule is CCOC(=O)[C@H]1C(C)=N[C@H]2CC=CC(=O)[C@H]2[C@@H]1c1ccc([N+](=O)[O-])cc1. The van der Waals surface area contributed by atoms with Gasteiger partial charge in [-0.3, -0.25) is 24.7 Å². The molecule has 1 aliphatic carbocycles. The van der Waals surface area contributed by atoms with Gasteiger partial charge < -0.3 is 4.74 Å². The third kappa shape index (κ3) is 3.16. The number of carbonyl (C=O) groups is 2. The number of aliphatic imine (C=N–C) groups is 1. The van der Waals surface area contributed by atoms with Crippen LogP contribution in [0.2, 0.25) is 0 Å². The second-order valence-corrected chi connectivity index (χ2v) is 6.51. The molecule has 0 aromatic heterocycles. The maximum absolute atomic E-state index is 12.6. The summed E-state index contributed by atoms with van der Waals surface area (Å²) in [5, 5.41) is 10.9. The highest BCUT2D eigenvalue weighted by atomic mass is 16.6. The van der Waals surface area contributed by atoms with Crippen LogP contribution in [-0.4, -0.2) is 35.0 Å². The van der Waals surface area contributed by atoms with Gasteiger partial charge in [0.25, 0.3) is 5.69 Å². The maximum atomic E-state index is 12.6. The van der Waals surface area contributed by atoms with E-state index >= 15 is 0 Å². The summed E-state index contributed by atoms with van der Waals surface area (Å²) >= 11 is 0. The lowest BCUT2D eigenvalue weighted by atomic mass is 9.66. The molecule has 0 spiro atoms. The molecule has 7 nitrogen and oxygen atoms in total. The number of carbonyl (C=O) groups excluding carboxylic acids is 2. The van der Waals surface area contributed by atoms with Crippen LogP contribution in [0.5, 0.6) is 0 Å². The summed E-state index contributed by atoms with van der Waals surface area (Å²) in [6, 6.07) is 5.82. The Kier molecular flexibility index (Phi) is 4.97. The largest absolute Gasteiger partial charge is 0.465 e. The zero-order valence-electron chi connectivity index (χ0n) is 14.6. The molecule has 7 heteroatoms. The van der Waals surface area contributed by atoms with Crippen LogP contribution < -0.4 is 0 Å². The third-order valence-electron chi connectivity index (χ3n) is 5.00. The number of non-ortho nitro benzene ring substituents is 1. The summed E-state index contributed by atoms with van der Waals surface area (Å²) in [4.78, 5) is 40.3. The van der Waals surface area contributed by atoms with E-state index in [0.29, 0.717) is 17.7 Å². The predicted octanol–water partition coefficient (Wildman–Crippen LogP) is 2.85. The van der Waals surface area contributed by atoms with E-state index in [1.54, 1.807) is 32.1 Å². The molecule has 4 atom stereocenters. The van der Waals surface area contributed by atoms with Gasteiger partial charge in [0.1, 0.15) is 5.92 Å². The average molecular weight is 356 g/mol. The van der Waals surface area contributed by atoms with Crippen molar-refractivity contribution in [3.05, 3.63) is 52.1 Å². The first-order valence-corrected chi connectivity index (χ1v) is 8.59. The Bertz CT molecular complexity index is 797. The highest BCUT2D eigenvalue weighted by molar-refractivity contribution is 6.05. The molecule has 26 heavy (non-hydrogen) atoms. The Morgan fingerprint density at radius 1 is 1.31 bits per heavy atom. The zero-order chi connectivity index (χ0) is 18.8. The van der Waals surface area contributed by atoms with Gasteiger partial charge in [0.15, 0.2) is 5.78 Å². The molecule has 0 radical (unpaired) electrons. The lowest BCUT2D eigenvalue weighted by molar-refractivity contribution is -0.384. The number of allylic oxidation sites excluding steroid dienone is 1. The summed E-state index contributed by atoms with van der Waals surface area (Å²) in [7, 11) is 0. The van der Waals surface area contributed by atoms with Gasteiger partial charge in [0.05, 0.1) is 23.5 Å². The van der Waals surface area contributed by atoms with E-state index < -0.39 is 28.6 Å². The summed E-state index contributed by atoms with van der Waals surface area (Å²) in [5.74, 6) is -2.09.